The third-order valence-corrected chi connectivity index (χ3v) is 4.26. The van der Waals surface area contributed by atoms with Crippen molar-refractivity contribution in [3.63, 3.8) is 0 Å². The lowest BCUT2D eigenvalue weighted by Crippen LogP contribution is -2.05. The Morgan fingerprint density at radius 2 is 2.09 bits per heavy atom. The Kier molecular flexibility index (Phi) is 4.35. The zero-order chi connectivity index (χ0) is 16.2. The van der Waals surface area contributed by atoms with Crippen molar-refractivity contribution in [3.8, 4) is 33.0 Å². The third-order valence-electron chi connectivity index (χ3n) is 3.13. The molecule has 0 aliphatic carbocycles. The Morgan fingerprint density at radius 3 is 2.78 bits per heavy atom. The van der Waals surface area contributed by atoms with Crippen LogP contribution in [0.15, 0.2) is 30.3 Å². The zero-order valence-corrected chi connectivity index (χ0v) is 13.6. The van der Waals surface area contributed by atoms with E-state index in [1.54, 1.807) is 11.3 Å². The highest BCUT2D eigenvalue weighted by Crippen LogP contribution is 2.34. The molecule has 0 saturated carbocycles. The normalized spacial score (nSPS) is 10.7. The molecule has 0 bridgehead atoms. The van der Waals surface area contributed by atoms with Crippen molar-refractivity contribution in [2.24, 2.45) is 5.92 Å². The smallest absolute Gasteiger partial charge is 0.214 e. The second-order valence-electron chi connectivity index (χ2n) is 5.43. The van der Waals surface area contributed by atoms with E-state index in [1.165, 1.54) is 0 Å². The Bertz CT molecular complexity index is 833. The van der Waals surface area contributed by atoms with Crippen LogP contribution >= 0.6 is 11.3 Å². The molecule has 0 aliphatic rings. The molecule has 0 saturated heterocycles. The molecule has 0 radical (unpaired) electrons. The van der Waals surface area contributed by atoms with Crippen LogP contribution in [-0.4, -0.2) is 27.2 Å². The van der Waals surface area contributed by atoms with E-state index in [1.807, 2.05) is 30.3 Å². The summed E-state index contributed by atoms with van der Waals surface area (Å²) in [5.74, 6) is 1.61. The van der Waals surface area contributed by atoms with Crippen LogP contribution in [0.3, 0.4) is 0 Å². The van der Waals surface area contributed by atoms with Gasteiger partial charge in [0.2, 0.25) is 5.82 Å². The molecule has 0 atom stereocenters. The lowest BCUT2D eigenvalue weighted by Gasteiger charge is -2.10. The molecule has 0 fully saturated rings. The summed E-state index contributed by atoms with van der Waals surface area (Å²) in [4.78, 5) is 1.96. The van der Waals surface area contributed by atoms with E-state index in [0.717, 1.165) is 15.3 Å². The number of aromatic amines is 1. The molecule has 0 amide bonds. The average Bonchev–Trinajstić information content (AvgIpc) is 3.23. The van der Waals surface area contributed by atoms with Crippen LogP contribution < -0.4 is 4.74 Å². The van der Waals surface area contributed by atoms with Gasteiger partial charge in [0.1, 0.15) is 11.8 Å². The second-order valence-corrected chi connectivity index (χ2v) is 6.51. The van der Waals surface area contributed by atoms with Crippen molar-refractivity contribution in [2.45, 2.75) is 13.8 Å². The van der Waals surface area contributed by atoms with Gasteiger partial charge in [-0.25, -0.2) is 0 Å². The third kappa shape index (κ3) is 3.38. The van der Waals surface area contributed by atoms with Crippen molar-refractivity contribution in [1.82, 2.24) is 20.6 Å². The van der Waals surface area contributed by atoms with Gasteiger partial charge in [-0.2, -0.15) is 10.5 Å². The fraction of sp³-hybridized carbons (Fsp3) is 0.250. The minimum Gasteiger partial charge on any atom is -0.492 e. The largest absolute Gasteiger partial charge is 0.492 e. The quantitative estimate of drug-likeness (QED) is 0.775. The maximum absolute atomic E-state index is 9.35. The van der Waals surface area contributed by atoms with E-state index >= 15 is 0 Å². The number of ether oxygens (including phenoxy) is 1. The Balaban J connectivity index is 1.87. The van der Waals surface area contributed by atoms with Gasteiger partial charge in [0, 0.05) is 4.88 Å². The number of nitriles is 1. The molecule has 2 aromatic heterocycles. The van der Waals surface area contributed by atoms with E-state index in [4.69, 9.17) is 4.74 Å². The first kappa shape index (κ1) is 15.2. The Morgan fingerprint density at radius 1 is 1.26 bits per heavy atom. The second kappa shape index (κ2) is 6.58. The van der Waals surface area contributed by atoms with E-state index < -0.39 is 0 Å². The Labute approximate surface area is 137 Å². The summed E-state index contributed by atoms with van der Waals surface area (Å²) in [6, 6.07) is 11.8. The SMILES string of the molecule is CC(C)COc1ccc(-c2ccc(-c3nn[nH]n3)s2)cc1C#N. The average molecular weight is 325 g/mol. The monoisotopic (exact) mass is 325 g/mol. The minimum absolute atomic E-state index is 0.413. The van der Waals surface area contributed by atoms with Crippen LogP contribution in [0.25, 0.3) is 21.1 Å². The predicted molar refractivity (Wildman–Crippen MR) is 88.0 cm³/mol. The predicted octanol–water partition coefficient (Wildman–Crippen LogP) is 3.50. The fourth-order valence-corrected chi connectivity index (χ4v) is 2.96. The topological polar surface area (TPSA) is 87.5 Å². The summed E-state index contributed by atoms with van der Waals surface area (Å²) in [6.07, 6.45) is 0. The van der Waals surface area contributed by atoms with Crippen LogP contribution in [0.5, 0.6) is 5.75 Å². The van der Waals surface area contributed by atoms with Gasteiger partial charge in [-0.15, -0.1) is 21.5 Å². The number of hydrogen-bond donors (Lipinski definition) is 1. The Hall–Kier alpha value is -2.72. The summed E-state index contributed by atoms with van der Waals surface area (Å²) in [5, 5.41) is 23.3. The van der Waals surface area contributed by atoms with Gasteiger partial charge in [-0.1, -0.05) is 13.8 Å². The summed E-state index contributed by atoms with van der Waals surface area (Å²) >= 11 is 1.55. The molecule has 0 unspecified atom stereocenters. The van der Waals surface area contributed by atoms with Gasteiger partial charge in [0.15, 0.2) is 0 Å². The van der Waals surface area contributed by atoms with Crippen molar-refractivity contribution in [1.29, 1.82) is 5.26 Å². The van der Waals surface area contributed by atoms with Crippen LogP contribution in [0.2, 0.25) is 0 Å². The first-order valence-corrected chi connectivity index (χ1v) is 8.00. The van der Waals surface area contributed by atoms with Crippen molar-refractivity contribution in [2.75, 3.05) is 6.61 Å². The molecule has 3 rings (SSSR count). The molecule has 3 aromatic rings. The van der Waals surface area contributed by atoms with Gasteiger partial charge >= 0.3 is 0 Å². The number of hydrogen-bond acceptors (Lipinski definition) is 6. The maximum atomic E-state index is 9.35. The highest BCUT2D eigenvalue weighted by atomic mass is 32.1. The van der Waals surface area contributed by atoms with Gasteiger partial charge in [0.05, 0.1) is 17.0 Å². The summed E-state index contributed by atoms with van der Waals surface area (Å²) in [5.41, 5.74) is 1.51. The lowest BCUT2D eigenvalue weighted by atomic mass is 10.1. The number of benzene rings is 1. The van der Waals surface area contributed by atoms with Crippen LogP contribution in [-0.2, 0) is 0 Å². The molecule has 2 heterocycles. The number of aromatic nitrogens is 4. The lowest BCUT2D eigenvalue weighted by molar-refractivity contribution is 0.270. The molecule has 23 heavy (non-hydrogen) atoms. The van der Waals surface area contributed by atoms with Crippen molar-refractivity contribution in [3.05, 3.63) is 35.9 Å². The van der Waals surface area contributed by atoms with Gasteiger partial charge in [0.25, 0.3) is 0 Å². The van der Waals surface area contributed by atoms with Crippen LogP contribution in [0, 0.1) is 17.2 Å². The summed E-state index contributed by atoms with van der Waals surface area (Å²) in [6.45, 7) is 4.74. The summed E-state index contributed by atoms with van der Waals surface area (Å²) in [7, 11) is 0. The molecule has 1 N–H and O–H groups in total. The van der Waals surface area contributed by atoms with E-state index in [0.29, 0.717) is 29.7 Å². The standard InChI is InChI=1S/C16H15N5OS/c1-10(2)9-22-13-4-3-11(7-12(13)8-17)14-5-6-15(23-14)16-18-20-21-19-16/h3-7,10H,9H2,1-2H3,(H,18,19,20,21). The molecular weight excluding hydrogens is 310 g/mol. The maximum Gasteiger partial charge on any atom is 0.214 e. The van der Waals surface area contributed by atoms with Gasteiger partial charge in [-0.05, 0) is 47.0 Å². The van der Waals surface area contributed by atoms with Crippen LogP contribution in [0.1, 0.15) is 19.4 Å². The summed E-state index contributed by atoms with van der Waals surface area (Å²) < 4.78 is 5.69. The number of nitrogens with zero attached hydrogens (tertiary/aromatic N) is 4. The molecule has 116 valence electrons. The van der Waals surface area contributed by atoms with Crippen LogP contribution in [0.4, 0.5) is 0 Å². The minimum atomic E-state index is 0.413. The molecule has 0 spiro atoms. The van der Waals surface area contributed by atoms with E-state index in [2.05, 4.69) is 40.5 Å². The molecule has 6 nitrogen and oxygen atoms in total. The first-order valence-electron chi connectivity index (χ1n) is 7.18. The number of thiophene rings is 1. The molecular formula is C16H15N5OS. The van der Waals surface area contributed by atoms with Gasteiger partial charge in [-0.3, -0.25) is 0 Å². The number of tetrazole rings is 1. The highest BCUT2D eigenvalue weighted by Gasteiger charge is 2.11. The van der Waals surface area contributed by atoms with Crippen molar-refractivity contribution < 1.29 is 4.74 Å². The number of H-pyrrole nitrogens is 1. The molecule has 7 heteroatoms. The van der Waals surface area contributed by atoms with E-state index in [9.17, 15) is 5.26 Å². The van der Waals surface area contributed by atoms with Crippen molar-refractivity contribution >= 4 is 11.3 Å². The number of rotatable bonds is 5. The molecule has 1 aromatic carbocycles. The molecule has 0 aliphatic heterocycles. The fourth-order valence-electron chi connectivity index (χ4n) is 2.03. The highest BCUT2D eigenvalue weighted by molar-refractivity contribution is 7.18. The zero-order valence-electron chi connectivity index (χ0n) is 12.8. The number of nitrogens with one attached hydrogen (secondary N) is 1. The van der Waals surface area contributed by atoms with E-state index in [-0.39, 0.29) is 0 Å². The first-order chi connectivity index (χ1) is 11.2. The van der Waals surface area contributed by atoms with Gasteiger partial charge < -0.3 is 4.74 Å².